The van der Waals surface area contributed by atoms with Crippen molar-refractivity contribution in [2.24, 2.45) is 5.92 Å². The van der Waals surface area contributed by atoms with Crippen LogP contribution < -0.4 is 9.64 Å². The number of ether oxygens (including phenoxy) is 2. The molecule has 0 aliphatic carbocycles. The van der Waals surface area contributed by atoms with Crippen molar-refractivity contribution in [3.63, 3.8) is 0 Å². The zero-order chi connectivity index (χ0) is 20.8. The molecule has 0 unspecified atom stereocenters. The molecule has 1 heterocycles. The first kappa shape index (κ1) is 20.3. The second kappa shape index (κ2) is 9.18. The van der Waals surface area contributed by atoms with Crippen LogP contribution >= 0.6 is 0 Å². The quantitative estimate of drug-likeness (QED) is 0.305. The summed E-state index contributed by atoms with van der Waals surface area (Å²) in [6.45, 7) is 0.666. The predicted molar refractivity (Wildman–Crippen MR) is 106 cm³/mol. The molecule has 0 amide bonds. The topological polar surface area (TPSA) is 99.0 Å². The van der Waals surface area contributed by atoms with E-state index in [1.165, 1.54) is 13.2 Å². The Balaban J connectivity index is 1.54. The number of carbonyl (C=O) groups is 2. The molecule has 8 nitrogen and oxygen atoms in total. The minimum atomic E-state index is -0.421. The van der Waals surface area contributed by atoms with Gasteiger partial charge in [0.25, 0.3) is 5.69 Å². The predicted octanol–water partition coefficient (Wildman–Crippen LogP) is 3.25. The summed E-state index contributed by atoms with van der Waals surface area (Å²) in [6.07, 6.45) is 1.02. The van der Waals surface area contributed by atoms with Crippen molar-refractivity contribution in [2.45, 2.75) is 12.8 Å². The summed E-state index contributed by atoms with van der Waals surface area (Å²) in [5.41, 5.74) is 0.973. The van der Waals surface area contributed by atoms with Crippen LogP contribution in [0.25, 0.3) is 0 Å². The molecule has 0 bridgehead atoms. The van der Waals surface area contributed by atoms with Crippen LogP contribution in [-0.4, -0.2) is 43.5 Å². The Morgan fingerprint density at radius 3 is 2.45 bits per heavy atom. The molecule has 2 aromatic rings. The summed E-state index contributed by atoms with van der Waals surface area (Å²) in [5, 5.41) is 11.2. The third kappa shape index (κ3) is 4.71. The Labute approximate surface area is 168 Å². The molecule has 0 aromatic heterocycles. The number of hydrogen-bond acceptors (Lipinski definition) is 7. The molecule has 0 N–H and O–H groups in total. The van der Waals surface area contributed by atoms with E-state index < -0.39 is 10.9 Å². The maximum absolute atomic E-state index is 12.4. The lowest BCUT2D eigenvalue weighted by Gasteiger charge is -2.32. The first-order chi connectivity index (χ1) is 14.0. The maximum Gasteiger partial charge on any atom is 0.309 e. The Morgan fingerprint density at radius 1 is 1.10 bits per heavy atom. The van der Waals surface area contributed by atoms with Gasteiger partial charge in [0.15, 0.2) is 6.61 Å². The highest BCUT2D eigenvalue weighted by Gasteiger charge is 2.29. The second-order valence-electron chi connectivity index (χ2n) is 6.74. The number of methoxy groups -OCH3 is 1. The van der Waals surface area contributed by atoms with Crippen molar-refractivity contribution >= 4 is 23.1 Å². The summed E-state index contributed by atoms with van der Waals surface area (Å²) >= 11 is 0. The summed E-state index contributed by atoms with van der Waals surface area (Å²) < 4.78 is 10.4. The molecule has 3 rings (SSSR count). The van der Waals surface area contributed by atoms with E-state index in [0.29, 0.717) is 42.9 Å². The van der Waals surface area contributed by atoms with Crippen LogP contribution in [0.3, 0.4) is 0 Å². The van der Waals surface area contributed by atoms with Crippen LogP contribution in [0.1, 0.15) is 23.2 Å². The highest BCUT2D eigenvalue weighted by Crippen LogP contribution is 2.31. The molecule has 152 valence electrons. The van der Waals surface area contributed by atoms with E-state index in [4.69, 9.17) is 9.47 Å². The molecule has 0 radical (unpaired) electrons. The second-order valence-corrected chi connectivity index (χ2v) is 6.74. The van der Waals surface area contributed by atoms with Crippen LogP contribution in [0.15, 0.2) is 48.5 Å². The molecule has 1 fully saturated rings. The van der Waals surface area contributed by atoms with Crippen molar-refractivity contribution in [1.82, 2.24) is 0 Å². The molecule has 0 spiro atoms. The normalized spacial score (nSPS) is 14.3. The number of esters is 1. The summed E-state index contributed by atoms with van der Waals surface area (Å²) in [7, 11) is 1.48. The number of ketones is 1. The van der Waals surface area contributed by atoms with Gasteiger partial charge in [0.2, 0.25) is 5.78 Å². The lowest BCUT2D eigenvalue weighted by Crippen LogP contribution is -2.37. The molecule has 8 heteroatoms. The minimum Gasteiger partial charge on any atom is -0.496 e. The van der Waals surface area contributed by atoms with Crippen LogP contribution in [0, 0.1) is 16.0 Å². The summed E-state index contributed by atoms with van der Waals surface area (Å²) in [6, 6.07) is 13.3. The maximum atomic E-state index is 12.4. The molecule has 2 aromatic carbocycles. The summed E-state index contributed by atoms with van der Waals surface area (Å²) in [4.78, 5) is 37.4. The Hall–Kier alpha value is -3.42. The van der Waals surface area contributed by atoms with Gasteiger partial charge < -0.3 is 14.4 Å². The highest BCUT2D eigenvalue weighted by atomic mass is 16.6. The number of Topliss-reactive ketones (excluding diaryl/α,β-unsaturated/α-hetero) is 1. The Morgan fingerprint density at radius 2 is 1.76 bits per heavy atom. The third-order valence-electron chi connectivity index (χ3n) is 5.00. The number of nitrogens with zero attached hydrogens (tertiary/aromatic N) is 2. The fraction of sp³-hybridized carbons (Fsp3) is 0.333. The lowest BCUT2D eigenvalue weighted by atomic mass is 9.96. The van der Waals surface area contributed by atoms with Crippen LogP contribution in [-0.2, 0) is 9.53 Å². The standard InChI is InChI=1S/C21H22N2O6/c1-28-20-9-5-2-6-16(20)19(24)14-29-21(25)15-10-12-22(13-11-15)17-7-3-4-8-18(17)23(26)27/h2-9,15H,10-14H2,1H3. The van der Waals surface area contributed by atoms with Gasteiger partial charge in [-0.25, -0.2) is 0 Å². The molecule has 0 saturated carbocycles. The number of carbonyl (C=O) groups excluding carboxylic acids is 2. The van der Waals surface area contributed by atoms with E-state index in [0.717, 1.165) is 0 Å². The van der Waals surface area contributed by atoms with Gasteiger partial charge in [0.1, 0.15) is 11.4 Å². The van der Waals surface area contributed by atoms with Gasteiger partial charge in [-0.05, 0) is 31.0 Å². The van der Waals surface area contributed by atoms with E-state index in [1.54, 1.807) is 42.5 Å². The van der Waals surface area contributed by atoms with Crippen LogP contribution in [0.4, 0.5) is 11.4 Å². The number of piperidine rings is 1. The minimum absolute atomic E-state index is 0.0518. The van der Waals surface area contributed by atoms with Crippen LogP contribution in [0.2, 0.25) is 0 Å². The zero-order valence-electron chi connectivity index (χ0n) is 16.1. The van der Waals surface area contributed by atoms with E-state index in [2.05, 4.69) is 0 Å². The first-order valence-corrected chi connectivity index (χ1v) is 9.32. The van der Waals surface area contributed by atoms with Crippen molar-refractivity contribution in [2.75, 3.05) is 31.7 Å². The van der Waals surface area contributed by atoms with Gasteiger partial charge >= 0.3 is 5.97 Å². The molecule has 1 aliphatic rings. The number of para-hydroxylation sites is 3. The van der Waals surface area contributed by atoms with E-state index >= 15 is 0 Å². The Bertz CT molecular complexity index is 906. The number of benzene rings is 2. The average molecular weight is 398 g/mol. The Kier molecular flexibility index (Phi) is 6.43. The molecule has 29 heavy (non-hydrogen) atoms. The number of nitro groups is 1. The van der Waals surface area contributed by atoms with Gasteiger partial charge in [0.05, 0.1) is 23.5 Å². The number of hydrogen-bond donors (Lipinski definition) is 0. The highest BCUT2D eigenvalue weighted by molar-refractivity contribution is 6.00. The van der Waals surface area contributed by atoms with Gasteiger partial charge in [-0.3, -0.25) is 19.7 Å². The van der Waals surface area contributed by atoms with Gasteiger partial charge in [-0.1, -0.05) is 24.3 Å². The molecule has 1 aliphatic heterocycles. The monoisotopic (exact) mass is 398 g/mol. The lowest BCUT2D eigenvalue weighted by molar-refractivity contribution is -0.384. The van der Waals surface area contributed by atoms with Crippen molar-refractivity contribution < 1.29 is 24.0 Å². The van der Waals surface area contributed by atoms with Crippen molar-refractivity contribution in [1.29, 1.82) is 0 Å². The van der Waals surface area contributed by atoms with Crippen LogP contribution in [0.5, 0.6) is 5.75 Å². The van der Waals surface area contributed by atoms with E-state index in [-0.39, 0.29) is 24.0 Å². The zero-order valence-corrected chi connectivity index (χ0v) is 16.1. The fourth-order valence-electron chi connectivity index (χ4n) is 3.45. The van der Waals surface area contributed by atoms with Crippen molar-refractivity contribution in [3.05, 3.63) is 64.2 Å². The van der Waals surface area contributed by atoms with E-state index in [9.17, 15) is 19.7 Å². The SMILES string of the molecule is COc1ccccc1C(=O)COC(=O)C1CCN(c2ccccc2[N+](=O)[O-])CC1. The van der Waals surface area contributed by atoms with E-state index in [1.807, 2.05) is 4.90 Å². The molecule has 0 atom stereocenters. The first-order valence-electron chi connectivity index (χ1n) is 9.32. The molecular weight excluding hydrogens is 376 g/mol. The van der Waals surface area contributed by atoms with Crippen molar-refractivity contribution in [3.8, 4) is 5.75 Å². The largest absolute Gasteiger partial charge is 0.496 e. The number of anilines is 1. The fourth-order valence-corrected chi connectivity index (χ4v) is 3.45. The molecular formula is C21H22N2O6. The summed E-state index contributed by atoms with van der Waals surface area (Å²) in [5.74, 6) is -0.644. The smallest absolute Gasteiger partial charge is 0.309 e. The number of rotatable bonds is 7. The van der Waals surface area contributed by atoms with Gasteiger partial charge in [-0.15, -0.1) is 0 Å². The van der Waals surface area contributed by atoms with Gasteiger partial charge in [-0.2, -0.15) is 0 Å². The van der Waals surface area contributed by atoms with Gasteiger partial charge in [0, 0.05) is 19.2 Å². The average Bonchev–Trinajstić information content (AvgIpc) is 2.77. The molecule has 1 saturated heterocycles. The third-order valence-corrected chi connectivity index (χ3v) is 5.00. The number of nitro benzene ring substituents is 1.